The van der Waals surface area contributed by atoms with Crippen LogP contribution in [0.5, 0.6) is 11.5 Å². The van der Waals surface area contributed by atoms with Crippen molar-refractivity contribution in [2.45, 2.75) is 32.2 Å². The monoisotopic (exact) mass is 484 g/mol. The lowest BCUT2D eigenvalue weighted by molar-refractivity contribution is 0.0953. The molecule has 1 amide bonds. The topological polar surface area (TPSA) is 78.3 Å². The number of amides is 1. The molecule has 0 unspecified atom stereocenters. The molecular formula is C29H32N4O3. The molecule has 7 nitrogen and oxygen atoms in total. The van der Waals surface area contributed by atoms with E-state index in [-0.39, 0.29) is 5.91 Å². The van der Waals surface area contributed by atoms with Gasteiger partial charge in [-0.05, 0) is 61.2 Å². The Kier molecular flexibility index (Phi) is 8.70. The van der Waals surface area contributed by atoms with Gasteiger partial charge in [0.25, 0.3) is 5.91 Å². The number of benzene rings is 2. The van der Waals surface area contributed by atoms with Crippen molar-refractivity contribution in [3.8, 4) is 11.5 Å². The van der Waals surface area contributed by atoms with Crippen molar-refractivity contribution in [1.29, 1.82) is 0 Å². The zero-order chi connectivity index (χ0) is 25.2. The van der Waals surface area contributed by atoms with Gasteiger partial charge >= 0.3 is 0 Å². The number of nitrogens with zero attached hydrogens (tertiary/aromatic N) is 3. The number of imidazole rings is 1. The van der Waals surface area contributed by atoms with E-state index >= 15 is 0 Å². The van der Waals surface area contributed by atoms with E-state index in [1.54, 1.807) is 31.6 Å². The van der Waals surface area contributed by atoms with Gasteiger partial charge in [0, 0.05) is 31.9 Å². The van der Waals surface area contributed by atoms with Gasteiger partial charge in [-0.15, -0.1) is 6.58 Å². The van der Waals surface area contributed by atoms with Crippen molar-refractivity contribution in [3.05, 3.63) is 96.6 Å². The maximum absolute atomic E-state index is 12.3. The van der Waals surface area contributed by atoms with Crippen molar-refractivity contribution in [3.63, 3.8) is 0 Å². The number of hydrogen-bond donors (Lipinski definition) is 1. The van der Waals surface area contributed by atoms with Gasteiger partial charge < -0.3 is 19.4 Å². The lowest BCUT2D eigenvalue weighted by Crippen LogP contribution is -2.26. The van der Waals surface area contributed by atoms with E-state index < -0.39 is 0 Å². The zero-order valence-corrected chi connectivity index (χ0v) is 20.7. The average Bonchev–Trinajstić information content (AvgIpc) is 3.26. The van der Waals surface area contributed by atoms with Crippen LogP contribution in [0.25, 0.3) is 11.0 Å². The van der Waals surface area contributed by atoms with Crippen molar-refractivity contribution in [2.24, 2.45) is 0 Å². The highest BCUT2D eigenvalue weighted by molar-refractivity contribution is 5.93. The lowest BCUT2D eigenvalue weighted by atomic mass is 10.1. The number of fused-ring (bicyclic) bond motifs is 1. The molecule has 0 saturated heterocycles. The number of carbonyl (C=O) groups is 1. The SMILES string of the molecule is C=CCc1ccc(OCCCCn2c(CCNC(=O)c3cccnc3)nc3ccccc32)c(OC)c1. The molecule has 36 heavy (non-hydrogen) atoms. The predicted molar refractivity (Wildman–Crippen MR) is 142 cm³/mol. The Bertz CT molecular complexity index is 1300. The molecule has 1 N–H and O–H groups in total. The fourth-order valence-electron chi connectivity index (χ4n) is 4.13. The van der Waals surface area contributed by atoms with Crippen LogP contribution in [0.3, 0.4) is 0 Å². The molecule has 2 aromatic heterocycles. The highest BCUT2D eigenvalue weighted by atomic mass is 16.5. The van der Waals surface area contributed by atoms with Crippen LogP contribution in [0.1, 0.15) is 34.6 Å². The fourth-order valence-corrected chi connectivity index (χ4v) is 4.13. The Morgan fingerprint density at radius 3 is 2.81 bits per heavy atom. The Balaban J connectivity index is 1.32. The summed E-state index contributed by atoms with van der Waals surface area (Å²) in [6, 6.07) is 17.6. The second-order valence-corrected chi connectivity index (χ2v) is 8.45. The first-order valence-electron chi connectivity index (χ1n) is 12.2. The van der Waals surface area contributed by atoms with E-state index in [1.807, 2.05) is 42.5 Å². The number of ether oxygens (including phenoxy) is 2. The molecule has 0 fully saturated rings. The van der Waals surface area contributed by atoms with Gasteiger partial charge in [-0.1, -0.05) is 24.3 Å². The Morgan fingerprint density at radius 2 is 2.00 bits per heavy atom. The summed E-state index contributed by atoms with van der Waals surface area (Å²) in [6.45, 7) is 5.71. The zero-order valence-electron chi connectivity index (χ0n) is 20.7. The predicted octanol–water partition coefficient (Wildman–Crippen LogP) is 5.00. The number of aryl methyl sites for hydroxylation is 1. The molecule has 0 spiro atoms. The second-order valence-electron chi connectivity index (χ2n) is 8.45. The van der Waals surface area contributed by atoms with Crippen LogP contribution < -0.4 is 14.8 Å². The summed E-state index contributed by atoms with van der Waals surface area (Å²) in [6.07, 6.45) is 8.36. The van der Waals surface area contributed by atoms with E-state index in [4.69, 9.17) is 14.5 Å². The molecule has 0 bridgehead atoms. The molecule has 0 atom stereocenters. The molecule has 0 aliphatic carbocycles. The molecule has 4 rings (SSSR count). The van der Waals surface area contributed by atoms with Gasteiger partial charge in [0.15, 0.2) is 11.5 Å². The Labute approximate surface area is 211 Å². The van der Waals surface area contributed by atoms with Crippen LogP contribution in [-0.2, 0) is 19.4 Å². The van der Waals surface area contributed by atoms with E-state index in [2.05, 4.69) is 27.5 Å². The number of allylic oxidation sites excluding steroid dienone is 1. The normalized spacial score (nSPS) is 10.8. The van der Waals surface area contributed by atoms with E-state index in [1.165, 1.54) is 0 Å². The number of aromatic nitrogens is 3. The summed E-state index contributed by atoms with van der Waals surface area (Å²) in [5, 5.41) is 2.97. The number of nitrogens with one attached hydrogen (secondary N) is 1. The standard InChI is InChI=1S/C29H32N4O3/c1-3-9-22-13-14-26(27(20-22)35-2)36-19-7-6-18-33-25-12-5-4-11-24(25)32-28(33)15-17-31-29(34)23-10-8-16-30-21-23/h3-5,8,10-14,16,20-21H,1,6-7,9,15,17-19H2,2H3,(H,31,34). The minimum Gasteiger partial charge on any atom is -0.493 e. The van der Waals surface area contributed by atoms with Crippen LogP contribution in [-0.4, -0.2) is 40.7 Å². The maximum Gasteiger partial charge on any atom is 0.252 e. The number of rotatable bonds is 13. The molecule has 2 heterocycles. The van der Waals surface area contributed by atoms with Gasteiger partial charge in [-0.2, -0.15) is 0 Å². The largest absolute Gasteiger partial charge is 0.493 e. The number of pyridine rings is 1. The molecule has 0 radical (unpaired) electrons. The first-order chi connectivity index (χ1) is 17.7. The van der Waals surface area contributed by atoms with E-state index in [0.29, 0.717) is 25.1 Å². The molecule has 0 aliphatic rings. The highest BCUT2D eigenvalue weighted by Gasteiger charge is 2.12. The summed E-state index contributed by atoms with van der Waals surface area (Å²) in [5.41, 5.74) is 3.77. The summed E-state index contributed by atoms with van der Waals surface area (Å²) in [5.74, 6) is 2.33. The van der Waals surface area contributed by atoms with Gasteiger partial charge in [-0.25, -0.2) is 4.98 Å². The Hall–Kier alpha value is -4.13. The molecule has 186 valence electrons. The number of unbranched alkanes of at least 4 members (excludes halogenated alkanes) is 1. The molecule has 0 saturated carbocycles. The minimum absolute atomic E-state index is 0.129. The molecule has 7 heteroatoms. The van der Waals surface area contributed by atoms with E-state index in [9.17, 15) is 4.79 Å². The van der Waals surface area contributed by atoms with Crippen LogP contribution in [0.2, 0.25) is 0 Å². The quantitative estimate of drug-likeness (QED) is 0.213. The summed E-state index contributed by atoms with van der Waals surface area (Å²) < 4.78 is 13.7. The van der Waals surface area contributed by atoms with Gasteiger partial charge in [0.05, 0.1) is 30.3 Å². The first-order valence-corrected chi connectivity index (χ1v) is 12.2. The van der Waals surface area contributed by atoms with Crippen molar-refractivity contribution >= 4 is 16.9 Å². The summed E-state index contributed by atoms with van der Waals surface area (Å²) in [7, 11) is 1.66. The molecular weight excluding hydrogens is 452 g/mol. The first kappa shape index (κ1) is 25.0. The number of hydrogen-bond acceptors (Lipinski definition) is 5. The molecule has 0 aliphatic heterocycles. The molecule has 4 aromatic rings. The lowest BCUT2D eigenvalue weighted by Gasteiger charge is -2.13. The third kappa shape index (κ3) is 6.30. The highest BCUT2D eigenvalue weighted by Crippen LogP contribution is 2.28. The Morgan fingerprint density at radius 1 is 1.11 bits per heavy atom. The van der Waals surface area contributed by atoms with Crippen molar-refractivity contribution in [1.82, 2.24) is 19.9 Å². The van der Waals surface area contributed by atoms with Gasteiger partial charge in [0.2, 0.25) is 0 Å². The molecule has 2 aromatic carbocycles. The van der Waals surface area contributed by atoms with Crippen LogP contribution in [0.4, 0.5) is 0 Å². The number of para-hydroxylation sites is 2. The number of methoxy groups -OCH3 is 1. The minimum atomic E-state index is -0.129. The maximum atomic E-state index is 12.3. The van der Waals surface area contributed by atoms with Crippen molar-refractivity contribution < 1.29 is 14.3 Å². The smallest absolute Gasteiger partial charge is 0.252 e. The fraction of sp³-hybridized carbons (Fsp3) is 0.276. The third-order valence-electron chi connectivity index (χ3n) is 5.93. The van der Waals surface area contributed by atoms with Gasteiger partial charge in [0.1, 0.15) is 5.82 Å². The third-order valence-corrected chi connectivity index (χ3v) is 5.93. The van der Waals surface area contributed by atoms with Crippen LogP contribution >= 0.6 is 0 Å². The number of carbonyl (C=O) groups excluding carboxylic acids is 1. The van der Waals surface area contributed by atoms with Crippen LogP contribution in [0.15, 0.2) is 79.6 Å². The van der Waals surface area contributed by atoms with Gasteiger partial charge in [-0.3, -0.25) is 9.78 Å². The van der Waals surface area contributed by atoms with Crippen LogP contribution in [0, 0.1) is 0 Å². The summed E-state index contributed by atoms with van der Waals surface area (Å²) in [4.78, 5) is 21.2. The average molecular weight is 485 g/mol. The second kappa shape index (κ2) is 12.5. The van der Waals surface area contributed by atoms with E-state index in [0.717, 1.165) is 59.7 Å². The van der Waals surface area contributed by atoms with Crippen molar-refractivity contribution in [2.75, 3.05) is 20.3 Å². The summed E-state index contributed by atoms with van der Waals surface area (Å²) >= 11 is 0.